The van der Waals surface area contributed by atoms with Crippen molar-refractivity contribution < 1.29 is 22.3 Å². The Kier molecular flexibility index (Phi) is 5.38. The molecule has 0 unspecified atom stereocenters. The van der Waals surface area contributed by atoms with Crippen molar-refractivity contribution in [1.82, 2.24) is 20.5 Å². The number of fused-ring (bicyclic) bond motifs is 1. The molecule has 0 aliphatic rings. The summed E-state index contributed by atoms with van der Waals surface area (Å²) in [5.41, 5.74) is 1.67. The number of ether oxygens (including phenoxy) is 1. The number of aromatic nitrogens is 3. The van der Waals surface area contributed by atoms with Gasteiger partial charge in [0, 0.05) is 18.1 Å². The van der Waals surface area contributed by atoms with E-state index in [0.29, 0.717) is 16.8 Å². The molecule has 2 N–H and O–H groups in total. The molecule has 0 saturated heterocycles. The van der Waals surface area contributed by atoms with Crippen LogP contribution >= 0.6 is 0 Å². The standard InChI is InChI=1S/C21H17FN4O4S/c1-30-19-7-6-17(9-18(19)22)31(28,29)16-4-2-13(3-5-16)10-24-21(27)15-8-14-12-25-26-20(14)23-11-15/h2-9,11-12H,10H2,1H3,(H,24,27)(H,23,25,26). The second-order valence-electron chi connectivity index (χ2n) is 6.66. The first-order valence-corrected chi connectivity index (χ1v) is 10.6. The number of sulfone groups is 1. The highest BCUT2D eigenvalue weighted by Gasteiger charge is 2.19. The van der Waals surface area contributed by atoms with Crippen molar-refractivity contribution in [3.63, 3.8) is 0 Å². The molecule has 0 radical (unpaired) electrons. The highest BCUT2D eigenvalue weighted by molar-refractivity contribution is 7.91. The number of hydrogen-bond acceptors (Lipinski definition) is 6. The second-order valence-corrected chi connectivity index (χ2v) is 8.61. The molecular formula is C21H17FN4O4S. The second kappa shape index (κ2) is 8.15. The zero-order valence-electron chi connectivity index (χ0n) is 16.3. The summed E-state index contributed by atoms with van der Waals surface area (Å²) in [5.74, 6) is -1.11. The van der Waals surface area contributed by atoms with E-state index in [1.165, 1.54) is 37.6 Å². The number of benzene rings is 2. The van der Waals surface area contributed by atoms with Crippen molar-refractivity contribution in [1.29, 1.82) is 0 Å². The zero-order chi connectivity index (χ0) is 22.0. The number of halogens is 1. The van der Waals surface area contributed by atoms with Gasteiger partial charge in [0.15, 0.2) is 17.2 Å². The quantitative estimate of drug-likeness (QED) is 0.477. The minimum atomic E-state index is -3.89. The molecule has 0 aliphatic carbocycles. The molecule has 4 rings (SSSR count). The SMILES string of the molecule is COc1ccc(S(=O)(=O)c2ccc(CNC(=O)c3cnc4[nH]ncc4c3)cc2)cc1F. The van der Waals surface area contributed by atoms with E-state index >= 15 is 0 Å². The minimum absolute atomic E-state index is 0.0155. The molecule has 31 heavy (non-hydrogen) atoms. The van der Waals surface area contributed by atoms with Crippen LogP contribution in [0, 0.1) is 5.82 Å². The molecule has 4 aromatic rings. The topological polar surface area (TPSA) is 114 Å². The summed E-state index contributed by atoms with van der Waals surface area (Å²) in [6.07, 6.45) is 3.02. The van der Waals surface area contributed by atoms with Gasteiger partial charge >= 0.3 is 0 Å². The largest absolute Gasteiger partial charge is 0.494 e. The minimum Gasteiger partial charge on any atom is -0.494 e. The predicted molar refractivity (Wildman–Crippen MR) is 110 cm³/mol. The van der Waals surface area contributed by atoms with Gasteiger partial charge in [-0.25, -0.2) is 17.8 Å². The number of nitrogens with zero attached hydrogens (tertiary/aromatic N) is 2. The van der Waals surface area contributed by atoms with E-state index in [1.54, 1.807) is 24.4 Å². The third-order valence-electron chi connectivity index (χ3n) is 4.67. The summed E-state index contributed by atoms with van der Waals surface area (Å²) < 4.78 is 44.2. The number of nitrogens with one attached hydrogen (secondary N) is 2. The van der Waals surface area contributed by atoms with Crippen molar-refractivity contribution in [2.24, 2.45) is 0 Å². The molecule has 158 valence electrons. The lowest BCUT2D eigenvalue weighted by molar-refractivity contribution is 0.0950. The average molecular weight is 440 g/mol. The van der Waals surface area contributed by atoms with Crippen LogP contribution in [0.25, 0.3) is 11.0 Å². The fraction of sp³-hybridized carbons (Fsp3) is 0.0952. The van der Waals surface area contributed by atoms with Crippen LogP contribution in [0.15, 0.2) is 70.7 Å². The molecule has 0 fully saturated rings. The van der Waals surface area contributed by atoms with Gasteiger partial charge in [0.2, 0.25) is 9.84 Å². The third kappa shape index (κ3) is 4.10. The Balaban J connectivity index is 1.46. The molecule has 10 heteroatoms. The highest BCUT2D eigenvalue weighted by Crippen LogP contribution is 2.26. The Labute approximate surface area is 177 Å². The van der Waals surface area contributed by atoms with Gasteiger partial charge in [0.05, 0.1) is 28.7 Å². The predicted octanol–water partition coefficient (Wildman–Crippen LogP) is 2.87. The van der Waals surface area contributed by atoms with Crippen LogP contribution in [-0.2, 0) is 16.4 Å². The summed E-state index contributed by atoms with van der Waals surface area (Å²) in [6.45, 7) is 0.194. The molecule has 0 bridgehead atoms. The van der Waals surface area contributed by atoms with E-state index in [-0.39, 0.29) is 28.0 Å². The van der Waals surface area contributed by atoms with E-state index in [0.717, 1.165) is 11.5 Å². The first-order chi connectivity index (χ1) is 14.9. The molecule has 0 aliphatic heterocycles. The summed E-state index contributed by atoms with van der Waals surface area (Å²) in [4.78, 5) is 16.3. The molecule has 2 aromatic carbocycles. The van der Waals surface area contributed by atoms with Crippen molar-refractivity contribution in [3.8, 4) is 5.75 Å². The van der Waals surface area contributed by atoms with Gasteiger partial charge in [-0.15, -0.1) is 0 Å². The van der Waals surface area contributed by atoms with Crippen molar-refractivity contribution in [2.45, 2.75) is 16.3 Å². The fourth-order valence-electron chi connectivity index (χ4n) is 2.98. The Hall–Kier alpha value is -3.79. The van der Waals surface area contributed by atoms with Crippen LogP contribution in [0.4, 0.5) is 4.39 Å². The summed E-state index contributed by atoms with van der Waals surface area (Å²) in [6, 6.07) is 11.2. The van der Waals surface area contributed by atoms with Gasteiger partial charge in [-0.2, -0.15) is 5.10 Å². The van der Waals surface area contributed by atoms with Gasteiger partial charge in [-0.3, -0.25) is 9.89 Å². The monoisotopic (exact) mass is 440 g/mol. The first kappa shape index (κ1) is 20.5. The molecule has 2 aromatic heterocycles. The lowest BCUT2D eigenvalue weighted by Crippen LogP contribution is -2.22. The van der Waals surface area contributed by atoms with Crippen LogP contribution in [0.3, 0.4) is 0 Å². The number of methoxy groups -OCH3 is 1. The molecule has 0 saturated carbocycles. The van der Waals surface area contributed by atoms with Gasteiger partial charge in [0.25, 0.3) is 5.91 Å². The normalized spacial score (nSPS) is 11.4. The number of carbonyl (C=O) groups excluding carboxylic acids is 1. The molecule has 0 atom stereocenters. The number of amides is 1. The Morgan fingerprint density at radius 1 is 1.10 bits per heavy atom. The van der Waals surface area contributed by atoms with Gasteiger partial charge in [-0.1, -0.05) is 12.1 Å². The van der Waals surface area contributed by atoms with Crippen LogP contribution < -0.4 is 10.1 Å². The smallest absolute Gasteiger partial charge is 0.253 e. The summed E-state index contributed by atoms with van der Waals surface area (Å²) in [7, 11) is -2.59. The first-order valence-electron chi connectivity index (χ1n) is 9.13. The number of pyridine rings is 1. The van der Waals surface area contributed by atoms with Crippen LogP contribution in [0.5, 0.6) is 5.75 Å². The Morgan fingerprint density at radius 3 is 2.55 bits per heavy atom. The maximum absolute atomic E-state index is 13.9. The number of aromatic amines is 1. The highest BCUT2D eigenvalue weighted by atomic mass is 32.2. The van der Waals surface area contributed by atoms with Crippen molar-refractivity contribution in [3.05, 3.63) is 77.9 Å². The van der Waals surface area contributed by atoms with E-state index in [9.17, 15) is 17.6 Å². The fourth-order valence-corrected chi connectivity index (χ4v) is 4.25. The van der Waals surface area contributed by atoms with E-state index in [1.807, 2.05) is 0 Å². The van der Waals surface area contributed by atoms with E-state index in [4.69, 9.17) is 4.74 Å². The average Bonchev–Trinajstić information content (AvgIpc) is 3.25. The molecule has 8 nitrogen and oxygen atoms in total. The number of H-pyrrole nitrogens is 1. The molecule has 2 heterocycles. The van der Waals surface area contributed by atoms with Gasteiger partial charge < -0.3 is 10.1 Å². The lowest BCUT2D eigenvalue weighted by atomic mass is 10.2. The van der Waals surface area contributed by atoms with Gasteiger partial charge in [0.1, 0.15) is 0 Å². The zero-order valence-corrected chi connectivity index (χ0v) is 17.1. The summed E-state index contributed by atoms with van der Waals surface area (Å²) >= 11 is 0. The van der Waals surface area contributed by atoms with Crippen LogP contribution in [0.2, 0.25) is 0 Å². The molecule has 0 spiro atoms. The number of rotatable bonds is 6. The number of hydrogen-bond donors (Lipinski definition) is 2. The van der Waals surface area contributed by atoms with E-state index in [2.05, 4.69) is 20.5 Å². The Bertz CT molecular complexity index is 1370. The van der Waals surface area contributed by atoms with Crippen molar-refractivity contribution >= 4 is 26.8 Å². The maximum atomic E-state index is 13.9. The number of carbonyl (C=O) groups is 1. The maximum Gasteiger partial charge on any atom is 0.253 e. The molecular weight excluding hydrogens is 423 g/mol. The van der Waals surface area contributed by atoms with Crippen molar-refractivity contribution in [2.75, 3.05) is 7.11 Å². The van der Waals surface area contributed by atoms with Gasteiger partial charge in [-0.05, 0) is 42.0 Å². The van der Waals surface area contributed by atoms with Crippen LogP contribution in [0.1, 0.15) is 15.9 Å². The van der Waals surface area contributed by atoms with E-state index < -0.39 is 15.7 Å². The molecule has 1 amide bonds. The Morgan fingerprint density at radius 2 is 1.84 bits per heavy atom. The third-order valence-corrected chi connectivity index (χ3v) is 6.44. The lowest BCUT2D eigenvalue weighted by Gasteiger charge is -2.09. The summed E-state index contributed by atoms with van der Waals surface area (Å²) in [5, 5.41) is 10.1. The van der Waals surface area contributed by atoms with Crippen LogP contribution in [-0.4, -0.2) is 36.6 Å².